The average Bonchev–Trinajstić information content (AvgIpc) is 2.41. The second-order valence-corrected chi connectivity index (χ2v) is 4.73. The Morgan fingerprint density at radius 1 is 1.53 bits per heavy atom. The number of carbonyl (C=O) groups is 1. The zero-order chi connectivity index (χ0) is 13.2. The predicted molar refractivity (Wildman–Crippen MR) is 54.0 cm³/mol. The molecule has 0 saturated carbocycles. The standard InChI is InChI=1S/C7H12BO8P/c1-3(9)15-6-4(2-14-17(11,12)13)16-7(8)5(6)10/h4-7,10H,2H2,1H3,(H2,11,12,13)/t4-,5-,6-,7-/m1/s1. The number of hydrogen-bond donors (Lipinski definition) is 3. The average molecular weight is 266 g/mol. The van der Waals surface area contributed by atoms with Gasteiger partial charge >= 0.3 is 13.8 Å². The molecule has 0 aliphatic carbocycles. The molecule has 0 aromatic heterocycles. The minimum Gasteiger partial charge on any atom is -0.457 e. The minimum atomic E-state index is -4.66. The Morgan fingerprint density at radius 2 is 2.12 bits per heavy atom. The van der Waals surface area contributed by atoms with E-state index in [0.29, 0.717) is 0 Å². The van der Waals surface area contributed by atoms with Crippen molar-refractivity contribution in [2.24, 2.45) is 0 Å². The van der Waals surface area contributed by atoms with Crippen LogP contribution in [0.2, 0.25) is 0 Å². The zero-order valence-electron chi connectivity index (χ0n) is 8.92. The fourth-order valence-corrected chi connectivity index (χ4v) is 1.75. The van der Waals surface area contributed by atoms with Crippen molar-refractivity contribution in [1.82, 2.24) is 0 Å². The Labute approximate surface area is 98.5 Å². The van der Waals surface area contributed by atoms with Gasteiger partial charge in [0.1, 0.15) is 20.1 Å². The third-order valence-electron chi connectivity index (χ3n) is 2.08. The highest BCUT2D eigenvalue weighted by Crippen LogP contribution is 2.37. The molecule has 0 amide bonds. The first kappa shape index (κ1) is 14.6. The first-order valence-electron chi connectivity index (χ1n) is 4.67. The molecular weight excluding hydrogens is 254 g/mol. The normalized spacial score (nSPS) is 33.6. The lowest BCUT2D eigenvalue weighted by atomic mass is 9.93. The molecule has 0 unspecified atom stereocenters. The van der Waals surface area contributed by atoms with E-state index in [1.807, 2.05) is 0 Å². The summed E-state index contributed by atoms with van der Waals surface area (Å²) < 4.78 is 24.4. The van der Waals surface area contributed by atoms with E-state index in [1.54, 1.807) is 0 Å². The van der Waals surface area contributed by atoms with Gasteiger partial charge in [0.2, 0.25) is 0 Å². The van der Waals surface area contributed by atoms with Crippen molar-refractivity contribution < 1.29 is 38.3 Å². The molecule has 0 spiro atoms. The molecule has 0 aromatic rings. The Balaban J connectivity index is 2.62. The van der Waals surface area contributed by atoms with E-state index in [1.165, 1.54) is 0 Å². The Morgan fingerprint density at radius 3 is 2.59 bits per heavy atom. The molecule has 4 atom stereocenters. The van der Waals surface area contributed by atoms with Gasteiger partial charge in [-0.05, 0) is 0 Å². The van der Waals surface area contributed by atoms with E-state index < -0.39 is 44.7 Å². The van der Waals surface area contributed by atoms with Gasteiger partial charge in [-0.2, -0.15) is 0 Å². The van der Waals surface area contributed by atoms with Crippen molar-refractivity contribution in [3.8, 4) is 0 Å². The van der Waals surface area contributed by atoms with Gasteiger partial charge in [-0.25, -0.2) is 4.57 Å². The molecule has 3 N–H and O–H groups in total. The fraction of sp³-hybridized carbons (Fsp3) is 0.857. The van der Waals surface area contributed by atoms with Gasteiger partial charge in [0.25, 0.3) is 0 Å². The van der Waals surface area contributed by atoms with Crippen molar-refractivity contribution in [2.75, 3.05) is 6.61 Å². The molecule has 0 aromatic carbocycles. The van der Waals surface area contributed by atoms with Crippen LogP contribution < -0.4 is 0 Å². The third-order valence-corrected chi connectivity index (χ3v) is 2.57. The maximum absolute atomic E-state index is 10.8. The quantitative estimate of drug-likeness (QED) is 0.312. The van der Waals surface area contributed by atoms with Crippen LogP contribution in [0.5, 0.6) is 0 Å². The first-order chi connectivity index (χ1) is 7.70. The molecule has 1 fully saturated rings. The highest BCUT2D eigenvalue weighted by Gasteiger charge is 2.44. The lowest BCUT2D eigenvalue weighted by Gasteiger charge is -2.20. The van der Waals surface area contributed by atoms with Gasteiger partial charge < -0.3 is 24.4 Å². The number of hydrogen-bond acceptors (Lipinski definition) is 6. The number of aliphatic hydroxyl groups is 1. The van der Waals surface area contributed by atoms with E-state index in [4.69, 9.17) is 27.1 Å². The molecule has 10 heteroatoms. The number of rotatable bonds is 4. The highest BCUT2D eigenvalue weighted by molar-refractivity contribution is 7.46. The number of esters is 1. The third kappa shape index (κ3) is 4.38. The smallest absolute Gasteiger partial charge is 0.457 e. The van der Waals surface area contributed by atoms with E-state index in [-0.39, 0.29) is 0 Å². The van der Waals surface area contributed by atoms with Crippen LogP contribution in [-0.2, 0) is 23.4 Å². The monoisotopic (exact) mass is 266 g/mol. The number of carbonyl (C=O) groups excluding carboxylic acids is 1. The van der Waals surface area contributed by atoms with Crippen molar-refractivity contribution in [2.45, 2.75) is 31.2 Å². The van der Waals surface area contributed by atoms with Gasteiger partial charge in [-0.3, -0.25) is 9.32 Å². The molecule has 1 aliphatic rings. The summed E-state index contributed by atoms with van der Waals surface area (Å²) in [5.74, 6) is -0.673. The largest absolute Gasteiger partial charge is 0.469 e. The summed E-state index contributed by atoms with van der Waals surface area (Å²) in [6.45, 7) is 0.574. The Bertz CT molecular complexity index is 330. The van der Waals surface area contributed by atoms with Crippen LogP contribution in [0.3, 0.4) is 0 Å². The second kappa shape index (κ2) is 5.47. The zero-order valence-corrected chi connectivity index (χ0v) is 9.82. The van der Waals surface area contributed by atoms with Crippen LogP contribution in [0.4, 0.5) is 0 Å². The summed E-state index contributed by atoms with van der Waals surface area (Å²) in [4.78, 5) is 27.8. The van der Waals surface area contributed by atoms with Crippen LogP contribution in [0.1, 0.15) is 6.92 Å². The molecule has 1 rings (SSSR count). The molecule has 8 nitrogen and oxygen atoms in total. The maximum Gasteiger partial charge on any atom is 0.469 e. The molecule has 0 bridgehead atoms. The summed E-state index contributed by atoms with van der Waals surface area (Å²) in [6.07, 6.45) is -3.42. The molecular formula is C7H12BO8P. The van der Waals surface area contributed by atoms with Gasteiger partial charge in [-0.1, -0.05) is 0 Å². The first-order valence-corrected chi connectivity index (χ1v) is 6.20. The van der Waals surface area contributed by atoms with Gasteiger partial charge in [-0.15, -0.1) is 0 Å². The molecule has 17 heavy (non-hydrogen) atoms. The van der Waals surface area contributed by atoms with Gasteiger partial charge in [0.05, 0.1) is 6.61 Å². The molecule has 1 saturated heterocycles. The van der Waals surface area contributed by atoms with E-state index in [9.17, 15) is 14.5 Å². The topological polar surface area (TPSA) is 123 Å². The number of phosphoric acid groups is 1. The number of aliphatic hydroxyl groups excluding tert-OH is 1. The van der Waals surface area contributed by atoms with Gasteiger partial charge in [0.15, 0.2) is 6.10 Å². The highest BCUT2D eigenvalue weighted by atomic mass is 31.2. The lowest BCUT2D eigenvalue weighted by molar-refractivity contribution is -0.153. The lowest BCUT2D eigenvalue weighted by Crippen LogP contribution is -2.38. The van der Waals surface area contributed by atoms with Crippen molar-refractivity contribution in [1.29, 1.82) is 0 Å². The van der Waals surface area contributed by atoms with Crippen molar-refractivity contribution >= 4 is 21.6 Å². The van der Waals surface area contributed by atoms with Crippen LogP contribution >= 0.6 is 7.82 Å². The van der Waals surface area contributed by atoms with Crippen LogP contribution in [0, 0.1) is 0 Å². The SMILES string of the molecule is [B][C@@H]1O[C@H](COP(=O)(O)O)[C@@H](OC(C)=O)[C@H]1O. The summed E-state index contributed by atoms with van der Waals surface area (Å²) in [5.41, 5.74) is 0. The Kier molecular flexibility index (Phi) is 4.71. The van der Waals surface area contributed by atoms with Crippen LogP contribution in [0.25, 0.3) is 0 Å². The van der Waals surface area contributed by atoms with Crippen molar-refractivity contribution in [3.05, 3.63) is 0 Å². The minimum absolute atomic E-state index is 0.549. The van der Waals surface area contributed by atoms with Crippen LogP contribution in [-0.4, -0.2) is 59.6 Å². The van der Waals surface area contributed by atoms with E-state index >= 15 is 0 Å². The molecule has 96 valence electrons. The summed E-state index contributed by atoms with van der Waals surface area (Å²) in [6, 6.07) is -1.11. The summed E-state index contributed by atoms with van der Waals surface area (Å²) >= 11 is 0. The van der Waals surface area contributed by atoms with Gasteiger partial charge in [0, 0.05) is 12.9 Å². The number of phosphoric ester groups is 1. The predicted octanol–water partition coefficient (Wildman–Crippen LogP) is -1.72. The molecule has 2 radical (unpaired) electrons. The summed E-state index contributed by atoms with van der Waals surface area (Å²) in [5, 5.41) is 9.53. The fourth-order valence-electron chi connectivity index (χ4n) is 1.41. The maximum atomic E-state index is 10.8. The van der Waals surface area contributed by atoms with E-state index in [2.05, 4.69) is 4.52 Å². The second-order valence-electron chi connectivity index (χ2n) is 3.49. The van der Waals surface area contributed by atoms with Crippen LogP contribution in [0.15, 0.2) is 0 Å². The van der Waals surface area contributed by atoms with Crippen molar-refractivity contribution in [3.63, 3.8) is 0 Å². The Hall–Kier alpha value is -0.435. The van der Waals surface area contributed by atoms with E-state index in [0.717, 1.165) is 6.92 Å². The molecule has 1 heterocycles. The summed E-state index contributed by atoms with van der Waals surface area (Å²) in [7, 11) is 0.700. The number of ether oxygens (including phenoxy) is 2. The molecule has 1 aliphatic heterocycles.